The van der Waals surface area contributed by atoms with Crippen LogP contribution in [0.3, 0.4) is 0 Å². The first-order chi connectivity index (χ1) is 7.17. The quantitative estimate of drug-likeness (QED) is 0.600. The third-order valence-corrected chi connectivity index (χ3v) is 5.15. The second-order valence-corrected chi connectivity index (χ2v) is 6.85. The van der Waals surface area contributed by atoms with Gasteiger partial charge in [0.15, 0.2) is 5.75 Å². The third-order valence-electron chi connectivity index (χ3n) is 2.32. The van der Waals surface area contributed by atoms with Crippen LogP contribution in [0.1, 0.15) is 24.2 Å². The van der Waals surface area contributed by atoms with E-state index >= 15 is 0 Å². The zero-order valence-corrected chi connectivity index (χ0v) is 11.5. The normalized spacial score (nSPS) is 10.7. The van der Waals surface area contributed by atoms with Gasteiger partial charge in [-0.15, -0.1) is 0 Å². The first kappa shape index (κ1) is 12.8. The van der Waals surface area contributed by atoms with Crippen LogP contribution in [0.25, 0.3) is 0 Å². The number of carbonyl (C=O) groups is 1. The Morgan fingerprint density at radius 3 is 2.20 bits per heavy atom. The Bertz CT molecular complexity index is 317. The number of benzene rings is 1. The number of ketones is 1. The number of carbonyl (C=O) groups excluding carboxylic acids is 1. The van der Waals surface area contributed by atoms with Gasteiger partial charge in [-0.2, -0.15) is 0 Å². The molecule has 0 radical (unpaired) electrons. The van der Waals surface area contributed by atoms with E-state index in [4.69, 9.17) is 0 Å². The van der Waals surface area contributed by atoms with Crippen molar-refractivity contribution in [1.29, 1.82) is 0 Å². The van der Waals surface area contributed by atoms with E-state index in [2.05, 4.69) is 29.8 Å². The maximum Gasteiger partial charge on any atom is 0.211 e. The lowest BCUT2D eigenvalue weighted by Gasteiger charge is -2.03. The summed E-state index contributed by atoms with van der Waals surface area (Å²) in [5.74, 6) is 3.20. The van der Waals surface area contributed by atoms with Gasteiger partial charge in [-0.1, -0.05) is 28.1 Å². The van der Waals surface area contributed by atoms with E-state index in [0.29, 0.717) is 5.75 Å². The van der Waals surface area contributed by atoms with Crippen molar-refractivity contribution in [2.45, 2.75) is 13.8 Å². The van der Waals surface area contributed by atoms with Crippen LogP contribution in [0.4, 0.5) is 0 Å². The van der Waals surface area contributed by atoms with Gasteiger partial charge in [0.05, 0.1) is 0 Å². The molecule has 0 saturated heterocycles. The summed E-state index contributed by atoms with van der Waals surface area (Å²) in [6, 6.07) is 7.62. The monoisotopic (exact) mass is 287 g/mol. The molecule has 1 nitrogen and oxygen atoms in total. The molecule has 0 spiro atoms. The highest BCUT2D eigenvalue weighted by Crippen LogP contribution is 2.12. The number of hydrogen-bond donors (Lipinski definition) is 0. The Kier molecular flexibility index (Phi) is 5.40. The van der Waals surface area contributed by atoms with Crippen LogP contribution in [0.5, 0.6) is 0 Å². The molecule has 0 fully saturated rings. The zero-order valence-electron chi connectivity index (χ0n) is 9.13. The van der Waals surface area contributed by atoms with Crippen LogP contribution >= 0.6 is 15.9 Å². The Balaban J connectivity index is 2.64. The third kappa shape index (κ3) is 3.99. The summed E-state index contributed by atoms with van der Waals surface area (Å²) in [6.07, 6.45) is 0. The van der Waals surface area contributed by atoms with Gasteiger partial charge >= 0.3 is 0 Å². The molecular weight excluding hydrogens is 272 g/mol. The summed E-state index contributed by atoms with van der Waals surface area (Å²) in [4.78, 5) is 11.9. The van der Waals surface area contributed by atoms with Gasteiger partial charge in [0, 0.05) is 10.0 Å². The first-order valence-corrected chi connectivity index (χ1v) is 7.62. The Labute approximate surface area is 103 Å². The summed E-state index contributed by atoms with van der Waals surface area (Å²) >= 11 is 3.36. The van der Waals surface area contributed by atoms with E-state index in [1.807, 2.05) is 24.3 Å². The highest BCUT2D eigenvalue weighted by atomic mass is 79.9. The van der Waals surface area contributed by atoms with Crippen molar-refractivity contribution in [2.75, 3.05) is 17.3 Å². The maximum absolute atomic E-state index is 11.9. The largest absolute Gasteiger partial charge is 0.289 e. The molecule has 0 amide bonds. The highest BCUT2D eigenvalue weighted by molar-refractivity contribution is 9.10. The number of halogens is 1. The van der Waals surface area contributed by atoms with E-state index in [9.17, 15) is 4.79 Å². The molecule has 0 unspecified atom stereocenters. The number of rotatable bonds is 5. The second kappa shape index (κ2) is 6.33. The Hall–Kier alpha value is -0.280. The molecule has 0 saturated carbocycles. The highest BCUT2D eigenvalue weighted by Gasteiger charge is 2.19. The van der Waals surface area contributed by atoms with Gasteiger partial charge in [-0.05, 0) is 36.9 Å². The molecule has 0 N–H and O–H groups in total. The molecule has 3 heteroatoms. The summed E-state index contributed by atoms with van der Waals surface area (Å²) in [5, 5.41) is 0. The first-order valence-electron chi connectivity index (χ1n) is 5.10. The lowest BCUT2D eigenvalue weighted by atomic mass is 10.2. The zero-order chi connectivity index (χ0) is 11.3. The van der Waals surface area contributed by atoms with Crippen LogP contribution in [0, 0.1) is 0 Å². The fourth-order valence-electron chi connectivity index (χ4n) is 1.31. The molecule has 15 heavy (non-hydrogen) atoms. The minimum absolute atomic E-state index is 0.264. The van der Waals surface area contributed by atoms with Crippen LogP contribution in [0.15, 0.2) is 28.7 Å². The van der Waals surface area contributed by atoms with Crippen molar-refractivity contribution < 1.29 is 4.79 Å². The van der Waals surface area contributed by atoms with E-state index < -0.39 is 0 Å². The molecule has 0 aliphatic rings. The molecule has 0 atom stereocenters. The van der Waals surface area contributed by atoms with Crippen molar-refractivity contribution >= 4 is 32.6 Å². The summed E-state index contributed by atoms with van der Waals surface area (Å²) in [5.41, 5.74) is 0.831. The topological polar surface area (TPSA) is 17.1 Å². The van der Waals surface area contributed by atoms with Gasteiger partial charge < -0.3 is 0 Å². The molecule has 0 aliphatic heterocycles. The molecule has 0 aromatic heterocycles. The van der Waals surface area contributed by atoms with Crippen LogP contribution < -0.4 is 0 Å². The Morgan fingerprint density at radius 1 is 1.20 bits per heavy atom. The fraction of sp³-hybridized carbons (Fsp3) is 0.417. The van der Waals surface area contributed by atoms with Crippen molar-refractivity contribution in [3.8, 4) is 0 Å². The summed E-state index contributed by atoms with van der Waals surface area (Å²) in [6.45, 7) is 4.31. The standard InChI is InChI=1S/C12H16BrOS/c1-3-15(4-2)9-12(14)10-5-7-11(13)8-6-10/h5-8H,3-4,9H2,1-2H3/q+1. The van der Waals surface area contributed by atoms with Gasteiger partial charge in [0.2, 0.25) is 5.78 Å². The van der Waals surface area contributed by atoms with Crippen LogP contribution in [-0.2, 0) is 10.9 Å². The van der Waals surface area contributed by atoms with E-state index in [-0.39, 0.29) is 16.7 Å². The summed E-state index contributed by atoms with van der Waals surface area (Å²) < 4.78 is 1.02. The predicted molar refractivity (Wildman–Crippen MR) is 71.8 cm³/mol. The van der Waals surface area contributed by atoms with Crippen LogP contribution in [-0.4, -0.2) is 23.0 Å². The number of Topliss-reactive ketones (excluding diaryl/α,β-unsaturated/α-hetero) is 1. The lowest BCUT2D eigenvalue weighted by Crippen LogP contribution is -2.20. The van der Waals surface area contributed by atoms with E-state index in [1.54, 1.807) is 0 Å². The molecular formula is C12H16BrOS+. The smallest absolute Gasteiger partial charge is 0.211 e. The molecule has 1 rings (SSSR count). The van der Waals surface area contributed by atoms with Crippen molar-refractivity contribution in [3.63, 3.8) is 0 Å². The van der Waals surface area contributed by atoms with E-state index in [1.165, 1.54) is 0 Å². The molecule has 1 aromatic carbocycles. The fourth-order valence-corrected chi connectivity index (χ4v) is 2.93. The minimum atomic E-state index is 0.264. The van der Waals surface area contributed by atoms with E-state index in [0.717, 1.165) is 21.5 Å². The number of hydrogen-bond acceptors (Lipinski definition) is 1. The molecule has 0 aliphatic carbocycles. The molecule has 1 aromatic rings. The SMILES string of the molecule is CC[S+](CC)CC(=O)c1ccc(Br)cc1. The average molecular weight is 288 g/mol. The summed E-state index contributed by atoms with van der Waals surface area (Å²) in [7, 11) is 0.264. The van der Waals surface area contributed by atoms with Gasteiger partial charge in [0.1, 0.15) is 11.5 Å². The lowest BCUT2D eigenvalue weighted by molar-refractivity contribution is 0.102. The minimum Gasteiger partial charge on any atom is -0.289 e. The second-order valence-electron chi connectivity index (χ2n) is 3.26. The maximum atomic E-state index is 11.9. The van der Waals surface area contributed by atoms with Crippen molar-refractivity contribution in [3.05, 3.63) is 34.3 Å². The molecule has 82 valence electrons. The predicted octanol–water partition coefficient (Wildman–Crippen LogP) is 3.29. The average Bonchev–Trinajstić information content (AvgIpc) is 2.26. The van der Waals surface area contributed by atoms with Gasteiger partial charge in [-0.25, -0.2) is 0 Å². The van der Waals surface area contributed by atoms with Gasteiger partial charge in [-0.3, -0.25) is 4.79 Å². The van der Waals surface area contributed by atoms with Crippen molar-refractivity contribution in [2.24, 2.45) is 0 Å². The van der Waals surface area contributed by atoms with Crippen LogP contribution in [0.2, 0.25) is 0 Å². The molecule has 0 bridgehead atoms. The molecule has 0 heterocycles. The van der Waals surface area contributed by atoms with Crippen molar-refractivity contribution in [1.82, 2.24) is 0 Å². The Morgan fingerprint density at radius 2 is 1.73 bits per heavy atom. The van der Waals surface area contributed by atoms with Gasteiger partial charge in [0.25, 0.3) is 0 Å².